The number of fused-ring (bicyclic) bond motifs is 1. The monoisotopic (exact) mass is 199 g/mol. The molecule has 1 nitrogen and oxygen atoms in total. The summed E-state index contributed by atoms with van der Waals surface area (Å²) in [6.45, 7) is 4.37. The molecule has 0 aliphatic carbocycles. The molecule has 78 valence electrons. The number of hydrogen-bond acceptors (Lipinski definition) is 1. The second-order valence-corrected chi connectivity index (χ2v) is 4.03. The van der Waals surface area contributed by atoms with Crippen molar-refractivity contribution in [3.63, 3.8) is 0 Å². The van der Waals surface area contributed by atoms with Gasteiger partial charge in [0.25, 0.3) is 0 Å². The Kier molecular flexibility index (Phi) is 2.74. The molecule has 0 fully saturated rings. The van der Waals surface area contributed by atoms with Crippen molar-refractivity contribution >= 4 is 10.8 Å². The van der Waals surface area contributed by atoms with E-state index in [0.717, 1.165) is 0 Å². The van der Waals surface area contributed by atoms with E-state index in [9.17, 15) is 0 Å². The number of rotatable bonds is 2. The lowest BCUT2D eigenvalue weighted by atomic mass is 9.96. The first-order chi connectivity index (χ1) is 7.24. The lowest BCUT2D eigenvalue weighted by Gasteiger charge is -2.15. The van der Waals surface area contributed by atoms with Gasteiger partial charge in [-0.3, -0.25) is 0 Å². The minimum Gasteiger partial charge on any atom is -0.313 e. The summed E-state index contributed by atoms with van der Waals surface area (Å²) >= 11 is 0. The highest BCUT2D eigenvalue weighted by atomic mass is 14.9. The maximum absolute atomic E-state index is 3.30. The van der Waals surface area contributed by atoms with E-state index < -0.39 is 0 Å². The Labute approximate surface area is 91.1 Å². The molecule has 1 atom stereocenters. The SMILES string of the molecule is CNC(C)c1cccc2cccc(C)c12. The van der Waals surface area contributed by atoms with E-state index in [2.05, 4.69) is 55.6 Å². The Bertz CT molecular complexity index is 468. The summed E-state index contributed by atoms with van der Waals surface area (Å²) in [6, 6.07) is 13.4. The van der Waals surface area contributed by atoms with Gasteiger partial charge < -0.3 is 5.32 Å². The van der Waals surface area contributed by atoms with Gasteiger partial charge in [0.05, 0.1) is 0 Å². The van der Waals surface area contributed by atoms with Crippen molar-refractivity contribution in [1.82, 2.24) is 5.32 Å². The van der Waals surface area contributed by atoms with Crippen LogP contribution in [0.2, 0.25) is 0 Å². The average molecular weight is 199 g/mol. The van der Waals surface area contributed by atoms with Crippen LogP contribution in [-0.2, 0) is 0 Å². The fraction of sp³-hybridized carbons (Fsp3) is 0.286. The van der Waals surface area contributed by atoms with Crippen molar-refractivity contribution in [2.24, 2.45) is 0 Å². The molecule has 0 amide bonds. The fourth-order valence-corrected chi connectivity index (χ4v) is 2.08. The molecule has 0 heterocycles. The van der Waals surface area contributed by atoms with Crippen molar-refractivity contribution in [3.05, 3.63) is 47.5 Å². The molecule has 0 radical (unpaired) electrons. The normalized spacial score (nSPS) is 13.0. The van der Waals surface area contributed by atoms with Crippen LogP contribution in [0.1, 0.15) is 24.1 Å². The lowest BCUT2D eigenvalue weighted by Crippen LogP contribution is -2.12. The van der Waals surface area contributed by atoms with Gasteiger partial charge in [-0.25, -0.2) is 0 Å². The first-order valence-corrected chi connectivity index (χ1v) is 5.39. The molecule has 2 rings (SSSR count). The van der Waals surface area contributed by atoms with Gasteiger partial charge in [0.2, 0.25) is 0 Å². The van der Waals surface area contributed by atoms with Crippen LogP contribution in [0.4, 0.5) is 0 Å². The van der Waals surface area contributed by atoms with E-state index in [-0.39, 0.29) is 0 Å². The van der Waals surface area contributed by atoms with E-state index >= 15 is 0 Å². The van der Waals surface area contributed by atoms with E-state index in [0.29, 0.717) is 6.04 Å². The summed E-state index contributed by atoms with van der Waals surface area (Å²) in [6.07, 6.45) is 0. The van der Waals surface area contributed by atoms with Gasteiger partial charge in [0.15, 0.2) is 0 Å². The molecular formula is C14H17N. The third-order valence-electron chi connectivity index (χ3n) is 3.04. The fourth-order valence-electron chi connectivity index (χ4n) is 2.08. The summed E-state index contributed by atoms with van der Waals surface area (Å²) < 4.78 is 0. The minimum absolute atomic E-state index is 0.398. The van der Waals surface area contributed by atoms with Gasteiger partial charge in [-0.1, -0.05) is 36.4 Å². The van der Waals surface area contributed by atoms with E-state index in [1.165, 1.54) is 21.9 Å². The van der Waals surface area contributed by atoms with Crippen LogP contribution in [0.25, 0.3) is 10.8 Å². The zero-order valence-electron chi connectivity index (χ0n) is 9.54. The molecule has 15 heavy (non-hydrogen) atoms. The average Bonchev–Trinajstić information content (AvgIpc) is 2.28. The van der Waals surface area contributed by atoms with Crippen molar-refractivity contribution in [1.29, 1.82) is 0 Å². The van der Waals surface area contributed by atoms with Crippen molar-refractivity contribution in [2.45, 2.75) is 19.9 Å². The molecule has 1 unspecified atom stereocenters. The molecule has 1 N–H and O–H groups in total. The number of hydrogen-bond donors (Lipinski definition) is 1. The summed E-state index contributed by atoms with van der Waals surface area (Å²) in [4.78, 5) is 0. The van der Waals surface area contributed by atoms with Crippen LogP contribution < -0.4 is 5.32 Å². The summed E-state index contributed by atoms with van der Waals surface area (Å²) in [5, 5.41) is 6.02. The topological polar surface area (TPSA) is 12.0 Å². The van der Waals surface area contributed by atoms with Gasteiger partial charge in [0.1, 0.15) is 0 Å². The highest BCUT2D eigenvalue weighted by molar-refractivity contribution is 5.89. The third-order valence-corrected chi connectivity index (χ3v) is 3.04. The Morgan fingerprint density at radius 1 is 1.07 bits per heavy atom. The van der Waals surface area contributed by atoms with Crippen LogP contribution in [0, 0.1) is 6.92 Å². The maximum Gasteiger partial charge on any atom is 0.0295 e. The zero-order chi connectivity index (χ0) is 10.8. The van der Waals surface area contributed by atoms with Gasteiger partial charge >= 0.3 is 0 Å². The minimum atomic E-state index is 0.398. The summed E-state index contributed by atoms with van der Waals surface area (Å²) in [7, 11) is 2.00. The van der Waals surface area contributed by atoms with Crippen molar-refractivity contribution < 1.29 is 0 Å². The van der Waals surface area contributed by atoms with E-state index in [1.807, 2.05) is 7.05 Å². The summed E-state index contributed by atoms with van der Waals surface area (Å²) in [5.41, 5.74) is 2.73. The molecule has 1 heteroatoms. The molecule has 0 saturated carbocycles. The smallest absolute Gasteiger partial charge is 0.0295 e. The first kappa shape index (κ1) is 10.2. The number of benzene rings is 2. The molecule has 2 aromatic rings. The van der Waals surface area contributed by atoms with Gasteiger partial charge in [-0.05, 0) is 42.8 Å². The van der Waals surface area contributed by atoms with Crippen LogP contribution in [-0.4, -0.2) is 7.05 Å². The standard InChI is InChI=1S/C14H17N/c1-10-6-4-7-12-8-5-9-13(14(10)12)11(2)15-3/h4-9,11,15H,1-3H3. The summed E-state index contributed by atoms with van der Waals surface area (Å²) in [5.74, 6) is 0. The van der Waals surface area contributed by atoms with Crippen LogP contribution >= 0.6 is 0 Å². The van der Waals surface area contributed by atoms with Crippen LogP contribution in [0.15, 0.2) is 36.4 Å². The zero-order valence-corrected chi connectivity index (χ0v) is 9.54. The van der Waals surface area contributed by atoms with Crippen molar-refractivity contribution in [3.8, 4) is 0 Å². The Morgan fingerprint density at radius 3 is 2.40 bits per heavy atom. The second-order valence-electron chi connectivity index (χ2n) is 4.03. The first-order valence-electron chi connectivity index (χ1n) is 5.39. The molecule has 0 aliphatic rings. The Hall–Kier alpha value is -1.34. The van der Waals surface area contributed by atoms with Crippen LogP contribution in [0.5, 0.6) is 0 Å². The van der Waals surface area contributed by atoms with Gasteiger partial charge in [0, 0.05) is 6.04 Å². The lowest BCUT2D eigenvalue weighted by molar-refractivity contribution is 0.657. The Morgan fingerprint density at radius 2 is 1.73 bits per heavy atom. The van der Waals surface area contributed by atoms with E-state index in [1.54, 1.807) is 0 Å². The predicted molar refractivity (Wildman–Crippen MR) is 66.2 cm³/mol. The maximum atomic E-state index is 3.30. The van der Waals surface area contributed by atoms with Crippen molar-refractivity contribution in [2.75, 3.05) is 7.05 Å². The second kappa shape index (κ2) is 4.03. The third kappa shape index (κ3) is 1.75. The highest BCUT2D eigenvalue weighted by Crippen LogP contribution is 2.26. The van der Waals surface area contributed by atoms with Crippen LogP contribution in [0.3, 0.4) is 0 Å². The molecule has 0 aliphatic heterocycles. The largest absolute Gasteiger partial charge is 0.313 e. The van der Waals surface area contributed by atoms with Gasteiger partial charge in [-0.15, -0.1) is 0 Å². The van der Waals surface area contributed by atoms with Gasteiger partial charge in [-0.2, -0.15) is 0 Å². The number of nitrogens with one attached hydrogen (secondary N) is 1. The Balaban J connectivity index is 2.74. The van der Waals surface area contributed by atoms with E-state index in [4.69, 9.17) is 0 Å². The number of aryl methyl sites for hydroxylation is 1. The molecular weight excluding hydrogens is 182 g/mol. The highest BCUT2D eigenvalue weighted by Gasteiger charge is 2.08. The molecule has 0 bridgehead atoms. The molecule has 0 spiro atoms. The molecule has 2 aromatic carbocycles. The quantitative estimate of drug-likeness (QED) is 0.781. The molecule has 0 aromatic heterocycles. The molecule has 0 saturated heterocycles. The predicted octanol–water partition coefficient (Wildman–Crippen LogP) is 3.43.